The lowest BCUT2D eigenvalue weighted by atomic mass is 10.1. The highest BCUT2D eigenvalue weighted by molar-refractivity contribution is 5.78. The zero-order valence-electron chi connectivity index (χ0n) is 22.1. The summed E-state index contributed by atoms with van der Waals surface area (Å²) in [5, 5.41) is 14.2. The number of alkyl halides is 6. The maximum atomic E-state index is 12.4. The molecule has 1 fully saturated rings. The molecule has 2 aromatic heterocycles. The summed E-state index contributed by atoms with van der Waals surface area (Å²) in [6.07, 6.45) is -3.71. The molecule has 11 nitrogen and oxygen atoms in total. The van der Waals surface area contributed by atoms with Gasteiger partial charge >= 0.3 is 24.3 Å². The van der Waals surface area contributed by atoms with E-state index in [1.54, 1.807) is 13.3 Å². The number of halogens is 6. The third kappa shape index (κ3) is 9.91. The van der Waals surface area contributed by atoms with Gasteiger partial charge in [0.15, 0.2) is 0 Å². The van der Waals surface area contributed by atoms with Gasteiger partial charge in [-0.3, -0.25) is 9.69 Å². The van der Waals surface area contributed by atoms with E-state index in [0.717, 1.165) is 62.6 Å². The van der Waals surface area contributed by atoms with Crippen LogP contribution in [0.3, 0.4) is 0 Å². The Labute approximate surface area is 230 Å². The number of hydrogen-bond donors (Lipinski definition) is 2. The first kappa shape index (κ1) is 33.3. The fourth-order valence-electron chi connectivity index (χ4n) is 4.07. The summed E-state index contributed by atoms with van der Waals surface area (Å²) >= 11 is 0. The molecule has 1 saturated heterocycles. The quantitative estimate of drug-likeness (QED) is 0.498. The number of nitrogens with zero attached hydrogens (tertiary/aromatic N) is 5. The van der Waals surface area contributed by atoms with Crippen LogP contribution < -0.4 is 4.74 Å². The molecule has 0 bridgehead atoms. The van der Waals surface area contributed by atoms with Crippen molar-refractivity contribution in [2.45, 2.75) is 57.7 Å². The third-order valence-corrected chi connectivity index (χ3v) is 6.10. The van der Waals surface area contributed by atoms with E-state index in [0.29, 0.717) is 12.3 Å². The maximum Gasteiger partial charge on any atom is 0.490 e. The van der Waals surface area contributed by atoms with E-state index < -0.39 is 24.3 Å². The van der Waals surface area contributed by atoms with Crippen molar-refractivity contribution in [2.75, 3.05) is 26.7 Å². The topological polar surface area (TPSA) is 138 Å². The standard InChI is InChI=1S/C20H27N5O2.2C2HF3O2/c1-15-19-22-17(12-18(26)23-8-3-4-9-23)14-25(19)11-10-24(15)13-16-6-5-7-21-20(16)27-2;2*3-2(4,5)1(6)7/h5-7,14-15H,3-4,8-13H2,1-2H3;2*(H,6,7). The number of amides is 1. The predicted molar refractivity (Wildman–Crippen MR) is 129 cm³/mol. The third-order valence-electron chi connectivity index (χ3n) is 6.10. The molecule has 1 atom stereocenters. The second kappa shape index (κ2) is 14.1. The lowest BCUT2D eigenvalue weighted by molar-refractivity contribution is -0.193. The van der Waals surface area contributed by atoms with Crippen LogP contribution in [0.25, 0.3) is 0 Å². The zero-order valence-corrected chi connectivity index (χ0v) is 22.1. The second-order valence-electron chi connectivity index (χ2n) is 8.97. The molecular formula is C24H29F6N5O6. The minimum absolute atomic E-state index is 0.180. The summed E-state index contributed by atoms with van der Waals surface area (Å²) < 4.78 is 71.1. The molecule has 0 aromatic carbocycles. The zero-order chi connectivity index (χ0) is 31.0. The lowest BCUT2D eigenvalue weighted by Gasteiger charge is -2.33. The predicted octanol–water partition coefficient (Wildman–Crippen LogP) is 3.30. The Morgan fingerprint density at radius 1 is 1.00 bits per heavy atom. The van der Waals surface area contributed by atoms with Crippen LogP contribution in [-0.4, -0.2) is 91.5 Å². The number of carbonyl (C=O) groups is 3. The van der Waals surface area contributed by atoms with Gasteiger partial charge in [-0.15, -0.1) is 0 Å². The Bertz CT molecular complexity index is 1170. The molecule has 0 radical (unpaired) electrons. The molecule has 2 aliphatic rings. The van der Waals surface area contributed by atoms with Gasteiger partial charge < -0.3 is 24.4 Å². The van der Waals surface area contributed by atoms with Crippen LogP contribution in [0.5, 0.6) is 5.88 Å². The van der Waals surface area contributed by atoms with Gasteiger partial charge in [-0.25, -0.2) is 19.6 Å². The van der Waals surface area contributed by atoms with E-state index in [1.807, 2.05) is 11.0 Å². The maximum absolute atomic E-state index is 12.4. The van der Waals surface area contributed by atoms with Crippen LogP contribution in [0.1, 0.15) is 42.9 Å². The van der Waals surface area contributed by atoms with Crippen molar-refractivity contribution in [3.8, 4) is 5.88 Å². The Morgan fingerprint density at radius 2 is 1.56 bits per heavy atom. The van der Waals surface area contributed by atoms with E-state index in [1.165, 1.54) is 0 Å². The SMILES string of the molecule is COc1ncccc1CN1CCn2cc(CC(=O)N3CCCC3)nc2C1C.O=C(O)C(F)(F)F.O=C(O)C(F)(F)F. The number of ether oxygens (including phenoxy) is 1. The van der Waals surface area contributed by atoms with Gasteiger partial charge in [-0.05, 0) is 25.8 Å². The first-order chi connectivity index (χ1) is 19.0. The van der Waals surface area contributed by atoms with Crippen LogP contribution in [0.4, 0.5) is 26.3 Å². The second-order valence-corrected chi connectivity index (χ2v) is 8.97. The molecule has 1 amide bonds. The number of aromatic nitrogens is 3. The van der Waals surface area contributed by atoms with Crippen molar-refractivity contribution >= 4 is 17.8 Å². The number of fused-ring (bicyclic) bond motifs is 1. The number of hydrogen-bond acceptors (Lipinski definition) is 7. The highest BCUT2D eigenvalue weighted by Crippen LogP contribution is 2.28. The molecule has 41 heavy (non-hydrogen) atoms. The largest absolute Gasteiger partial charge is 0.490 e. The van der Waals surface area contributed by atoms with E-state index in [9.17, 15) is 31.1 Å². The molecule has 4 heterocycles. The molecule has 0 spiro atoms. The van der Waals surface area contributed by atoms with Crippen molar-refractivity contribution < 1.29 is 55.7 Å². The van der Waals surface area contributed by atoms with E-state index in [4.69, 9.17) is 29.5 Å². The van der Waals surface area contributed by atoms with Crippen molar-refractivity contribution in [3.63, 3.8) is 0 Å². The van der Waals surface area contributed by atoms with Crippen LogP contribution >= 0.6 is 0 Å². The minimum atomic E-state index is -5.08. The van der Waals surface area contributed by atoms with E-state index in [-0.39, 0.29) is 11.9 Å². The molecule has 2 aromatic rings. The molecule has 2 N–H and O–H groups in total. The number of pyridine rings is 1. The van der Waals surface area contributed by atoms with Crippen molar-refractivity contribution in [1.29, 1.82) is 0 Å². The summed E-state index contributed by atoms with van der Waals surface area (Å²) in [6, 6.07) is 4.18. The fraction of sp³-hybridized carbons (Fsp3) is 0.542. The Morgan fingerprint density at radius 3 is 2.07 bits per heavy atom. The van der Waals surface area contributed by atoms with Crippen LogP contribution in [0.15, 0.2) is 24.5 Å². The summed E-state index contributed by atoms with van der Waals surface area (Å²) in [6.45, 7) is 6.54. The summed E-state index contributed by atoms with van der Waals surface area (Å²) in [4.78, 5) is 43.7. The molecule has 0 saturated carbocycles. The highest BCUT2D eigenvalue weighted by Gasteiger charge is 2.39. The van der Waals surface area contributed by atoms with Gasteiger partial charge in [0.25, 0.3) is 0 Å². The normalized spacial score (nSPS) is 17.0. The first-order valence-corrected chi connectivity index (χ1v) is 12.2. The van der Waals surface area contributed by atoms with Crippen molar-refractivity contribution in [1.82, 2.24) is 24.3 Å². The first-order valence-electron chi connectivity index (χ1n) is 12.2. The number of carboxylic acid groups (broad SMARTS) is 2. The molecule has 4 rings (SSSR count). The summed E-state index contributed by atoms with van der Waals surface area (Å²) in [5.74, 6) is -3.60. The van der Waals surface area contributed by atoms with Gasteiger partial charge in [0.05, 0.1) is 25.3 Å². The number of methoxy groups -OCH3 is 1. The lowest BCUT2D eigenvalue weighted by Crippen LogP contribution is -2.36. The fourth-order valence-corrected chi connectivity index (χ4v) is 4.07. The number of imidazole rings is 1. The molecular weight excluding hydrogens is 568 g/mol. The molecule has 0 aliphatic carbocycles. The van der Waals surface area contributed by atoms with E-state index in [2.05, 4.69) is 33.6 Å². The molecule has 2 aliphatic heterocycles. The molecule has 17 heteroatoms. The highest BCUT2D eigenvalue weighted by atomic mass is 19.4. The number of rotatable bonds is 5. The Balaban J connectivity index is 0.000000349. The average Bonchev–Trinajstić information content (AvgIpc) is 3.56. The van der Waals surface area contributed by atoms with Crippen molar-refractivity contribution in [3.05, 3.63) is 41.6 Å². The van der Waals surface area contributed by atoms with Crippen LogP contribution in [-0.2, 0) is 33.9 Å². The number of carboxylic acids is 2. The number of aliphatic carboxylic acids is 2. The monoisotopic (exact) mass is 597 g/mol. The Hall–Kier alpha value is -3.89. The average molecular weight is 598 g/mol. The molecule has 228 valence electrons. The van der Waals surface area contributed by atoms with Crippen LogP contribution in [0.2, 0.25) is 0 Å². The Kier molecular flexibility index (Phi) is 11.5. The summed E-state index contributed by atoms with van der Waals surface area (Å²) in [5.41, 5.74) is 1.96. The number of carbonyl (C=O) groups excluding carboxylic acids is 1. The van der Waals surface area contributed by atoms with Gasteiger partial charge in [0.2, 0.25) is 11.8 Å². The smallest absolute Gasteiger partial charge is 0.481 e. The van der Waals surface area contributed by atoms with Gasteiger partial charge in [-0.1, -0.05) is 6.07 Å². The number of likely N-dealkylation sites (tertiary alicyclic amines) is 1. The minimum Gasteiger partial charge on any atom is -0.481 e. The molecule has 1 unspecified atom stereocenters. The van der Waals surface area contributed by atoms with Crippen LogP contribution in [0, 0.1) is 0 Å². The van der Waals surface area contributed by atoms with Gasteiger partial charge in [0.1, 0.15) is 5.82 Å². The van der Waals surface area contributed by atoms with Crippen molar-refractivity contribution in [2.24, 2.45) is 0 Å². The van der Waals surface area contributed by atoms with Gasteiger partial charge in [0, 0.05) is 50.7 Å². The summed E-state index contributed by atoms with van der Waals surface area (Å²) in [7, 11) is 1.65. The van der Waals surface area contributed by atoms with Gasteiger partial charge in [-0.2, -0.15) is 26.3 Å². The van der Waals surface area contributed by atoms with E-state index >= 15 is 0 Å².